The molecule has 2 rings (SSSR count). The van der Waals surface area contributed by atoms with Crippen LogP contribution in [0.4, 0.5) is 0 Å². The second-order valence-corrected chi connectivity index (χ2v) is 6.08. The van der Waals surface area contributed by atoms with Crippen LogP contribution in [0.1, 0.15) is 26.3 Å². The summed E-state index contributed by atoms with van der Waals surface area (Å²) in [5.41, 5.74) is 2.43. The number of dihydropyridines is 1. The molecule has 0 amide bonds. The normalized spacial score (nSPS) is 16.9. The van der Waals surface area contributed by atoms with Crippen LogP contribution in [0.5, 0.6) is 0 Å². The Morgan fingerprint density at radius 2 is 1.50 bits per heavy atom. The highest BCUT2D eigenvalue weighted by Gasteiger charge is 2.43. The van der Waals surface area contributed by atoms with Crippen LogP contribution < -0.4 is 5.32 Å². The summed E-state index contributed by atoms with van der Waals surface area (Å²) < 4.78 is 21.4. The fourth-order valence-corrected chi connectivity index (χ4v) is 3.26. The Hall–Kier alpha value is -2.64. The molecule has 1 aliphatic heterocycles. The SMILES string of the molecule is CCOC(=O)C1=C(C)NC(c2ccccc2)=C(C(=O)OCC)[C@H]1C(OC)OC. The van der Waals surface area contributed by atoms with Crippen LogP contribution in [0.2, 0.25) is 0 Å². The molecule has 0 saturated carbocycles. The lowest BCUT2D eigenvalue weighted by atomic mass is 9.83. The van der Waals surface area contributed by atoms with Gasteiger partial charge in [0.2, 0.25) is 0 Å². The Morgan fingerprint density at radius 3 is 2.00 bits per heavy atom. The van der Waals surface area contributed by atoms with Gasteiger partial charge in [0.15, 0.2) is 6.29 Å². The number of carbonyl (C=O) groups excluding carboxylic acids is 2. The summed E-state index contributed by atoms with van der Waals surface area (Å²) in [6, 6.07) is 9.36. The number of ether oxygens (including phenoxy) is 4. The molecule has 1 heterocycles. The number of nitrogens with one attached hydrogen (secondary N) is 1. The maximum absolute atomic E-state index is 13.0. The number of rotatable bonds is 8. The van der Waals surface area contributed by atoms with E-state index in [2.05, 4.69) is 5.32 Å². The predicted octanol–water partition coefficient (Wildman–Crippen LogP) is 2.64. The van der Waals surface area contributed by atoms with E-state index >= 15 is 0 Å². The van der Waals surface area contributed by atoms with Gasteiger partial charge in [0, 0.05) is 19.9 Å². The molecular formula is C21H27NO6. The van der Waals surface area contributed by atoms with Gasteiger partial charge in [-0.15, -0.1) is 0 Å². The molecule has 1 aliphatic rings. The smallest absolute Gasteiger partial charge is 0.336 e. The second-order valence-electron chi connectivity index (χ2n) is 6.08. The van der Waals surface area contributed by atoms with Gasteiger partial charge >= 0.3 is 11.9 Å². The number of carbonyl (C=O) groups is 2. The van der Waals surface area contributed by atoms with Crippen molar-refractivity contribution in [3.8, 4) is 0 Å². The molecule has 0 aliphatic carbocycles. The van der Waals surface area contributed by atoms with Crippen LogP contribution in [-0.2, 0) is 28.5 Å². The van der Waals surface area contributed by atoms with Gasteiger partial charge in [-0.3, -0.25) is 0 Å². The number of allylic oxidation sites excluding steroid dienone is 1. The number of esters is 2. The lowest BCUT2D eigenvalue weighted by molar-refractivity contribution is -0.150. The van der Waals surface area contributed by atoms with E-state index in [1.54, 1.807) is 20.8 Å². The Labute approximate surface area is 165 Å². The highest BCUT2D eigenvalue weighted by atomic mass is 16.7. The third kappa shape index (κ3) is 4.43. The summed E-state index contributed by atoms with van der Waals surface area (Å²) in [4.78, 5) is 25.7. The average molecular weight is 389 g/mol. The third-order valence-electron chi connectivity index (χ3n) is 4.40. The zero-order chi connectivity index (χ0) is 20.7. The van der Waals surface area contributed by atoms with Crippen LogP contribution in [0.3, 0.4) is 0 Å². The van der Waals surface area contributed by atoms with E-state index in [0.29, 0.717) is 11.4 Å². The molecule has 0 unspecified atom stereocenters. The molecule has 152 valence electrons. The average Bonchev–Trinajstić information content (AvgIpc) is 2.69. The number of benzene rings is 1. The fourth-order valence-electron chi connectivity index (χ4n) is 3.26. The molecule has 0 saturated heterocycles. The second kappa shape index (κ2) is 10.1. The topological polar surface area (TPSA) is 83.1 Å². The molecule has 0 fully saturated rings. The predicted molar refractivity (Wildman–Crippen MR) is 104 cm³/mol. The summed E-state index contributed by atoms with van der Waals surface area (Å²) in [7, 11) is 2.92. The van der Waals surface area contributed by atoms with E-state index in [0.717, 1.165) is 5.56 Å². The van der Waals surface area contributed by atoms with Crippen LogP contribution in [0.25, 0.3) is 5.70 Å². The first kappa shape index (κ1) is 21.7. The number of hydrogen-bond acceptors (Lipinski definition) is 7. The van der Waals surface area contributed by atoms with Gasteiger partial charge < -0.3 is 24.3 Å². The van der Waals surface area contributed by atoms with Crippen LogP contribution >= 0.6 is 0 Å². The van der Waals surface area contributed by atoms with Gasteiger partial charge in [0.1, 0.15) is 0 Å². The molecule has 0 spiro atoms. The number of hydrogen-bond donors (Lipinski definition) is 1. The summed E-state index contributed by atoms with van der Waals surface area (Å²) >= 11 is 0. The minimum Gasteiger partial charge on any atom is -0.463 e. The molecule has 0 bridgehead atoms. The van der Waals surface area contributed by atoms with E-state index in [4.69, 9.17) is 18.9 Å². The lowest BCUT2D eigenvalue weighted by Crippen LogP contribution is -2.40. The minimum absolute atomic E-state index is 0.194. The fraction of sp³-hybridized carbons (Fsp3) is 0.429. The summed E-state index contributed by atoms with van der Waals surface area (Å²) in [6.07, 6.45) is -0.880. The highest BCUT2D eigenvalue weighted by Crippen LogP contribution is 2.38. The largest absolute Gasteiger partial charge is 0.463 e. The molecular weight excluding hydrogens is 362 g/mol. The van der Waals surface area contributed by atoms with E-state index in [9.17, 15) is 9.59 Å². The van der Waals surface area contributed by atoms with Gasteiger partial charge in [-0.1, -0.05) is 30.3 Å². The number of methoxy groups -OCH3 is 2. The van der Waals surface area contributed by atoms with Crippen molar-refractivity contribution in [2.24, 2.45) is 5.92 Å². The Bertz CT molecular complexity index is 764. The minimum atomic E-state index is -0.880. The summed E-state index contributed by atoms with van der Waals surface area (Å²) in [5, 5.41) is 3.19. The quantitative estimate of drug-likeness (QED) is 0.540. The van der Waals surface area contributed by atoms with Crippen molar-refractivity contribution in [3.63, 3.8) is 0 Å². The Balaban J connectivity index is 2.72. The van der Waals surface area contributed by atoms with E-state index in [-0.39, 0.29) is 24.4 Å². The first-order valence-corrected chi connectivity index (χ1v) is 9.17. The van der Waals surface area contributed by atoms with Crippen molar-refractivity contribution in [3.05, 3.63) is 52.7 Å². The van der Waals surface area contributed by atoms with Crippen molar-refractivity contribution in [1.82, 2.24) is 5.32 Å². The van der Waals surface area contributed by atoms with Crippen LogP contribution in [0, 0.1) is 5.92 Å². The van der Waals surface area contributed by atoms with Gasteiger partial charge in [-0.05, 0) is 26.3 Å². The maximum Gasteiger partial charge on any atom is 0.336 e. The van der Waals surface area contributed by atoms with Gasteiger partial charge in [-0.25, -0.2) is 9.59 Å². The molecule has 1 N–H and O–H groups in total. The zero-order valence-corrected chi connectivity index (χ0v) is 16.9. The first-order valence-electron chi connectivity index (χ1n) is 9.17. The third-order valence-corrected chi connectivity index (χ3v) is 4.40. The van der Waals surface area contributed by atoms with Crippen molar-refractivity contribution in [2.75, 3.05) is 27.4 Å². The molecule has 7 heteroatoms. The highest BCUT2D eigenvalue weighted by molar-refractivity contribution is 6.03. The molecule has 1 aromatic carbocycles. The van der Waals surface area contributed by atoms with Crippen LogP contribution in [-0.4, -0.2) is 45.7 Å². The maximum atomic E-state index is 13.0. The first-order chi connectivity index (χ1) is 13.5. The van der Waals surface area contributed by atoms with Gasteiger partial charge in [0.05, 0.1) is 36.0 Å². The van der Waals surface area contributed by atoms with Crippen molar-refractivity contribution in [2.45, 2.75) is 27.1 Å². The van der Waals surface area contributed by atoms with Crippen molar-refractivity contribution >= 4 is 17.6 Å². The standard InChI is InChI=1S/C21H27NO6/c1-6-27-19(23)15-13(3)22-18(14-11-9-8-10-12-14)17(20(24)28-7-2)16(15)21(25-4)26-5/h8-12,16,21-22H,6-7H2,1-5H3/t16-/m0/s1. The molecule has 28 heavy (non-hydrogen) atoms. The summed E-state index contributed by atoms with van der Waals surface area (Å²) in [6.45, 7) is 5.60. The Kier molecular flexibility index (Phi) is 7.78. The van der Waals surface area contributed by atoms with E-state index in [1.807, 2.05) is 30.3 Å². The van der Waals surface area contributed by atoms with Crippen molar-refractivity contribution < 1.29 is 28.5 Å². The molecule has 0 aromatic heterocycles. The van der Waals surface area contributed by atoms with E-state index < -0.39 is 24.1 Å². The van der Waals surface area contributed by atoms with Crippen LogP contribution in [0.15, 0.2) is 47.2 Å². The zero-order valence-electron chi connectivity index (χ0n) is 16.9. The molecule has 1 atom stereocenters. The van der Waals surface area contributed by atoms with Gasteiger partial charge in [0.25, 0.3) is 0 Å². The summed E-state index contributed by atoms with van der Waals surface area (Å²) in [5.74, 6) is -1.90. The molecule has 7 nitrogen and oxygen atoms in total. The van der Waals surface area contributed by atoms with Gasteiger partial charge in [-0.2, -0.15) is 0 Å². The van der Waals surface area contributed by atoms with E-state index in [1.165, 1.54) is 14.2 Å². The van der Waals surface area contributed by atoms with Crippen molar-refractivity contribution in [1.29, 1.82) is 0 Å². The molecule has 0 radical (unpaired) electrons. The molecule has 1 aromatic rings. The Morgan fingerprint density at radius 1 is 0.964 bits per heavy atom. The lowest BCUT2D eigenvalue weighted by Gasteiger charge is -2.34. The monoisotopic (exact) mass is 389 g/mol.